The molecule has 3 rings (SSSR count). The number of hydrogen-bond acceptors (Lipinski definition) is 4. The fourth-order valence-electron chi connectivity index (χ4n) is 3.61. The number of halogens is 1. The molecule has 1 aliphatic carbocycles. The Morgan fingerprint density at radius 2 is 1.90 bits per heavy atom. The van der Waals surface area contributed by atoms with Crippen LogP contribution < -0.4 is 19.5 Å². The number of rotatable bonds is 10. The number of para-hydroxylation sites is 1. The second-order valence-electron chi connectivity index (χ2n) is 7.61. The molecule has 1 atom stereocenters. The van der Waals surface area contributed by atoms with E-state index in [4.69, 9.17) is 14.2 Å². The molecular formula is C24H30FNO4. The van der Waals surface area contributed by atoms with Gasteiger partial charge in [-0.15, -0.1) is 0 Å². The van der Waals surface area contributed by atoms with Gasteiger partial charge in [0.05, 0.1) is 25.9 Å². The molecule has 5 nitrogen and oxygen atoms in total. The van der Waals surface area contributed by atoms with Crippen molar-refractivity contribution in [1.82, 2.24) is 5.32 Å². The van der Waals surface area contributed by atoms with E-state index in [-0.39, 0.29) is 30.4 Å². The third-order valence-corrected chi connectivity index (χ3v) is 5.30. The quantitative estimate of drug-likeness (QED) is 0.543. The van der Waals surface area contributed by atoms with Crippen molar-refractivity contribution in [2.24, 2.45) is 0 Å². The summed E-state index contributed by atoms with van der Waals surface area (Å²) in [5, 5.41) is 2.99. The average Bonchev–Trinajstić information content (AvgIpc) is 3.25. The van der Waals surface area contributed by atoms with E-state index in [2.05, 4.69) is 5.32 Å². The van der Waals surface area contributed by atoms with Crippen LogP contribution in [0.4, 0.5) is 4.39 Å². The van der Waals surface area contributed by atoms with Crippen LogP contribution in [0.25, 0.3) is 0 Å². The van der Waals surface area contributed by atoms with Crippen LogP contribution >= 0.6 is 0 Å². The van der Waals surface area contributed by atoms with Crippen LogP contribution in [0.5, 0.6) is 17.2 Å². The largest absolute Gasteiger partial charge is 0.493 e. The maximum absolute atomic E-state index is 13.5. The monoisotopic (exact) mass is 415 g/mol. The summed E-state index contributed by atoms with van der Waals surface area (Å²) in [7, 11) is 1.62. The Hall–Kier alpha value is -2.76. The van der Waals surface area contributed by atoms with Crippen LogP contribution in [-0.4, -0.2) is 25.7 Å². The minimum Gasteiger partial charge on any atom is -0.493 e. The summed E-state index contributed by atoms with van der Waals surface area (Å²) >= 11 is 0. The standard InChI is InChI=1S/C24H30FNO4/c1-17(26-24(27)12-7-15-29-21-11-6-5-10-20(21)25)18-13-14-22(23(16-18)28-2)30-19-8-3-4-9-19/h5-6,10-11,13-14,16-17,19H,3-4,7-9,12,15H2,1-2H3,(H,26,27). The molecule has 0 radical (unpaired) electrons. The zero-order valence-electron chi connectivity index (χ0n) is 17.7. The van der Waals surface area contributed by atoms with Crippen molar-refractivity contribution in [2.75, 3.05) is 13.7 Å². The number of hydrogen-bond donors (Lipinski definition) is 1. The summed E-state index contributed by atoms with van der Waals surface area (Å²) in [5.41, 5.74) is 0.946. The van der Waals surface area contributed by atoms with E-state index in [0.717, 1.165) is 24.2 Å². The van der Waals surface area contributed by atoms with Crippen LogP contribution in [0.1, 0.15) is 57.1 Å². The van der Waals surface area contributed by atoms with Crippen LogP contribution in [0.2, 0.25) is 0 Å². The number of nitrogens with one attached hydrogen (secondary N) is 1. The second-order valence-corrected chi connectivity index (χ2v) is 7.61. The highest BCUT2D eigenvalue weighted by molar-refractivity contribution is 5.76. The predicted octanol–water partition coefficient (Wildman–Crippen LogP) is 5.19. The van der Waals surface area contributed by atoms with Gasteiger partial charge in [-0.1, -0.05) is 18.2 Å². The normalized spacial score (nSPS) is 14.9. The molecule has 30 heavy (non-hydrogen) atoms. The highest BCUT2D eigenvalue weighted by atomic mass is 19.1. The Morgan fingerprint density at radius 1 is 1.13 bits per heavy atom. The number of amides is 1. The maximum Gasteiger partial charge on any atom is 0.220 e. The number of benzene rings is 2. The molecule has 0 aliphatic heterocycles. The molecule has 2 aromatic rings. The summed E-state index contributed by atoms with van der Waals surface area (Å²) in [6.07, 6.45) is 5.64. The minimum absolute atomic E-state index is 0.0788. The SMILES string of the molecule is COc1cc(C(C)NC(=O)CCCOc2ccccc2F)ccc1OC1CCCC1. The van der Waals surface area contributed by atoms with Crippen molar-refractivity contribution < 1.29 is 23.4 Å². The third-order valence-electron chi connectivity index (χ3n) is 5.30. The molecule has 162 valence electrons. The smallest absolute Gasteiger partial charge is 0.220 e. The Kier molecular flexibility index (Phi) is 7.94. The zero-order chi connectivity index (χ0) is 21.3. The van der Waals surface area contributed by atoms with Crippen molar-refractivity contribution in [3.8, 4) is 17.2 Å². The van der Waals surface area contributed by atoms with Crippen molar-refractivity contribution in [2.45, 2.75) is 57.6 Å². The lowest BCUT2D eigenvalue weighted by Gasteiger charge is -2.19. The minimum atomic E-state index is -0.398. The third kappa shape index (κ3) is 6.12. The summed E-state index contributed by atoms with van der Waals surface area (Å²) in [4.78, 5) is 12.3. The number of ether oxygens (including phenoxy) is 3. The van der Waals surface area contributed by atoms with Gasteiger partial charge < -0.3 is 19.5 Å². The van der Waals surface area contributed by atoms with E-state index < -0.39 is 5.82 Å². The van der Waals surface area contributed by atoms with Crippen molar-refractivity contribution >= 4 is 5.91 Å². The van der Waals surface area contributed by atoms with E-state index in [0.29, 0.717) is 18.6 Å². The molecule has 0 heterocycles. The van der Waals surface area contributed by atoms with Gasteiger partial charge in [0, 0.05) is 6.42 Å². The molecule has 0 aromatic heterocycles. The topological polar surface area (TPSA) is 56.8 Å². The van der Waals surface area contributed by atoms with E-state index >= 15 is 0 Å². The van der Waals surface area contributed by atoms with Crippen molar-refractivity contribution in [1.29, 1.82) is 0 Å². The second kappa shape index (κ2) is 10.9. The molecule has 1 N–H and O–H groups in total. The van der Waals surface area contributed by atoms with Gasteiger partial charge in [0.25, 0.3) is 0 Å². The molecule has 0 spiro atoms. The Bertz CT molecular complexity index is 836. The molecule has 1 aliphatic rings. The van der Waals surface area contributed by atoms with Gasteiger partial charge in [-0.3, -0.25) is 4.79 Å². The van der Waals surface area contributed by atoms with Crippen LogP contribution in [-0.2, 0) is 4.79 Å². The first-order valence-electron chi connectivity index (χ1n) is 10.6. The Balaban J connectivity index is 1.46. The first-order valence-corrected chi connectivity index (χ1v) is 10.6. The van der Waals surface area contributed by atoms with Gasteiger partial charge >= 0.3 is 0 Å². The average molecular weight is 416 g/mol. The van der Waals surface area contributed by atoms with E-state index in [1.807, 2.05) is 25.1 Å². The molecule has 0 bridgehead atoms. The van der Waals surface area contributed by atoms with Crippen molar-refractivity contribution in [3.05, 3.63) is 53.8 Å². The molecule has 0 saturated heterocycles. The lowest BCUT2D eigenvalue weighted by Crippen LogP contribution is -2.26. The lowest BCUT2D eigenvalue weighted by atomic mass is 10.1. The molecular weight excluding hydrogens is 385 g/mol. The lowest BCUT2D eigenvalue weighted by molar-refractivity contribution is -0.121. The highest BCUT2D eigenvalue weighted by Gasteiger charge is 2.19. The zero-order valence-corrected chi connectivity index (χ0v) is 17.7. The van der Waals surface area contributed by atoms with Crippen LogP contribution in [0.3, 0.4) is 0 Å². The van der Waals surface area contributed by atoms with Gasteiger partial charge in [0.1, 0.15) is 0 Å². The van der Waals surface area contributed by atoms with E-state index in [1.165, 1.54) is 18.9 Å². The summed E-state index contributed by atoms with van der Waals surface area (Å²) in [5.74, 6) is 1.16. The van der Waals surface area contributed by atoms with Gasteiger partial charge in [0.15, 0.2) is 23.1 Å². The molecule has 2 aromatic carbocycles. The van der Waals surface area contributed by atoms with Crippen LogP contribution in [0, 0.1) is 5.82 Å². The summed E-state index contributed by atoms with van der Waals surface area (Å²) < 4.78 is 30.5. The van der Waals surface area contributed by atoms with Crippen LogP contribution in [0.15, 0.2) is 42.5 Å². The number of carbonyl (C=O) groups excluding carboxylic acids is 1. The van der Waals surface area contributed by atoms with Gasteiger partial charge in [-0.05, 0) is 68.9 Å². The molecule has 1 saturated carbocycles. The fourth-order valence-corrected chi connectivity index (χ4v) is 3.61. The summed E-state index contributed by atoms with van der Waals surface area (Å²) in [6, 6.07) is 11.9. The highest BCUT2D eigenvalue weighted by Crippen LogP contribution is 2.33. The fraction of sp³-hybridized carbons (Fsp3) is 0.458. The summed E-state index contributed by atoms with van der Waals surface area (Å²) in [6.45, 7) is 2.21. The Morgan fingerprint density at radius 3 is 2.63 bits per heavy atom. The molecule has 1 fully saturated rings. The molecule has 1 amide bonds. The first-order chi connectivity index (χ1) is 14.6. The molecule has 1 unspecified atom stereocenters. The van der Waals surface area contributed by atoms with Crippen molar-refractivity contribution in [3.63, 3.8) is 0 Å². The van der Waals surface area contributed by atoms with Gasteiger partial charge in [-0.2, -0.15) is 0 Å². The predicted molar refractivity (Wildman–Crippen MR) is 114 cm³/mol. The number of methoxy groups -OCH3 is 1. The maximum atomic E-state index is 13.5. The van der Waals surface area contributed by atoms with E-state index in [9.17, 15) is 9.18 Å². The number of carbonyl (C=O) groups is 1. The van der Waals surface area contributed by atoms with Gasteiger partial charge in [0.2, 0.25) is 5.91 Å². The first kappa shape index (κ1) is 21.9. The van der Waals surface area contributed by atoms with E-state index in [1.54, 1.807) is 25.3 Å². The molecule has 6 heteroatoms. The van der Waals surface area contributed by atoms with Gasteiger partial charge in [-0.25, -0.2) is 4.39 Å². The Labute approximate surface area is 177 Å².